The summed E-state index contributed by atoms with van der Waals surface area (Å²) >= 11 is 0. The monoisotopic (exact) mass is 176 g/mol. The number of fused-ring (bicyclic) bond motifs is 1. The van der Waals surface area contributed by atoms with Gasteiger partial charge in [-0.05, 0) is 18.9 Å². The Bertz CT molecular complexity index is 347. The van der Waals surface area contributed by atoms with Crippen LogP contribution in [0.3, 0.4) is 0 Å². The van der Waals surface area contributed by atoms with Crippen LogP contribution in [0.5, 0.6) is 5.88 Å². The highest BCUT2D eigenvalue weighted by molar-refractivity contribution is 5.80. The first-order chi connectivity index (χ1) is 6.29. The minimum atomic E-state index is 0.377. The Labute approximate surface area is 77.5 Å². The molecule has 0 saturated heterocycles. The third-order valence-corrected chi connectivity index (χ3v) is 2.16. The number of rotatable bonds is 1. The Morgan fingerprint density at radius 2 is 2.31 bits per heavy atom. The lowest BCUT2D eigenvalue weighted by Crippen LogP contribution is -2.13. The average molecular weight is 176 g/mol. The van der Waals surface area contributed by atoms with Crippen LogP contribution in [0.15, 0.2) is 17.1 Å². The fourth-order valence-corrected chi connectivity index (χ4v) is 1.45. The standard InChI is InChI=1S/C10H12N2O/c1-7-5-8-3-4-10(13-2)12-9(8)6-11-7/h3-4,6-7H,5H2,1-2H3. The fraction of sp³-hybridized carbons (Fsp3) is 0.400. The number of ether oxygens (including phenoxy) is 1. The van der Waals surface area contributed by atoms with Gasteiger partial charge in [0.05, 0.1) is 18.8 Å². The van der Waals surface area contributed by atoms with Crippen LogP contribution in [0.4, 0.5) is 0 Å². The predicted molar refractivity (Wildman–Crippen MR) is 51.5 cm³/mol. The largest absolute Gasteiger partial charge is 0.481 e. The SMILES string of the molecule is COc1ccc2c(n1)C=NC(C)C2. The predicted octanol–water partition coefficient (Wildman–Crippen LogP) is 1.45. The summed E-state index contributed by atoms with van der Waals surface area (Å²) in [6.45, 7) is 2.10. The number of hydrogen-bond acceptors (Lipinski definition) is 3. The minimum Gasteiger partial charge on any atom is -0.481 e. The van der Waals surface area contributed by atoms with Gasteiger partial charge in [-0.3, -0.25) is 4.99 Å². The molecule has 0 aliphatic carbocycles. The maximum absolute atomic E-state index is 5.03. The highest BCUT2D eigenvalue weighted by Gasteiger charge is 2.12. The highest BCUT2D eigenvalue weighted by Crippen LogP contribution is 2.17. The van der Waals surface area contributed by atoms with Gasteiger partial charge < -0.3 is 4.74 Å². The van der Waals surface area contributed by atoms with Crippen LogP contribution in [-0.4, -0.2) is 24.4 Å². The van der Waals surface area contributed by atoms with Crippen molar-refractivity contribution in [3.05, 3.63) is 23.4 Å². The Morgan fingerprint density at radius 3 is 3.08 bits per heavy atom. The highest BCUT2D eigenvalue weighted by atomic mass is 16.5. The van der Waals surface area contributed by atoms with Crippen molar-refractivity contribution in [2.45, 2.75) is 19.4 Å². The van der Waals surface area contributed by atoms with Gasteiger partial charge in [0.1, 0.15) is 0 Å². The van der Waals surface area contributed by atoms with E-state index in [1.165, 1.54) is 5.56 Å². The number of aliphatic imine (C=N–C) groups is 1. The summed E-state index contributed by atoms with van der Waals surface area (Å²) in [4.78, 5) is 8.60. The van der Waals surface area contributed by atoms with Gasteiger partial charge in [-0.25, -0.2) is 4.98 Å². The number of nitrogens with zero attached hydrogens (tertiary/aromatic N) is 2. The molecular weight excluding hydrogens is 164 g/mol. The molecule has 2 rings (SSSR count). The van der Waals surface area contributed by atoms with Crippen molar-refractivity contribution in [3.8, 4) is 5.88 Å². The molecule has 0 spiro atoms. The van der Waals surface area contributed by atoms with E-state index in [-0.39, 0.29) is 0 Å². The van der Waals surface area contributed by atoms with Gasteiger partial charge in [0.2, 0.25) is 5.88 Å². The molecule has 13 heavy (non-hydrogen) atoms. The van der Waals surface area contributed by atoms with Crippen molar-refractivity contribution in [1.29, 1.82) is 0 Å². The molecule has 3 heteroatoms. The first-order valence-corrected chi connectivity index (χ1v) is 4.36. The molecule has 0 bridgehead atoms. The minimum absolute atomic E-state index is 0.377. The maximum Gasteiger partial charge on any atom is 0.213 e. The molecule has 0 radical (unpaired) electrons. The normalized spacial score (nSPS) is 19.7. The van der Waals surface area contributed by atoms with Crippen LogP contribution >= 0.6 is 0 Å². The third-order valence-electron chi connectivity index (χ3n) is 2.16. The van der Waals surface area contributed by atoms with E-state index in [1.54, 1.807) is 7.11 Å². The van der Waals surface area contributed by atoms with Crippen molar-refractivity contribution < 1.29 is 4.74 Å². The van der Waals surface area contributed by atoms with E-state index in [2.05, 4.69) is 23.0 Å². The van der Waals surface area contributed by atoms with E-state index in [0.717, 1.165) is 12.1 Å². The smallest absolute Gasteiger partial charge is 0.213 e. The molecule has 1 unspecified atom stereocenters. The molecule has 1 aliphatic heterocycles. The Kier molecular flexibility index (Phi) is 2.00. The molecule has 2 heterocycles. The average Bonchev–Trinajstić information content (AvgIpc) is 2.17. The van der Waals surface area contributed by atoms with Crippen LogP contribution in [-0.2, 0) is 6.42 Å². The third kappa shape index (κ3) is 1.54. The second-order valence-electron chi connectivity index (χ2n) is 3.23. The zero-order valence-electron chi connectivity index (χ0n) is 7.82. The maximum atomic E-state index is 5.03. The molecule has 1 atom stereocenters. The first kappa shape index (κ1) is 8.23. The summed E-state index contributed by atoms with van der Waals surface area (Å²) in [5.41, 5.74) is 2.20. The zero-order chi connectivity index (χ0) is 9.26. The van der Waals surface area contributed by atoms with E-state index in [0.29, 0.717) is 11.9 Å². The van der Waals surface area contributed by atoms with Crippen molar-refractivity contribution >= 4 is 6.21 Å². The second-order valence-corrected chi connectivity index (χ2v) is 3.23. The summed E-state index contributed by atoms with van der Waals surface area (Å²) in [6, 6.07) is 4.33. The summed E-state index contributed by atoms with van der Waals surface area (Å²) in [5, 5.41) is 0. The lowest BCUT2D eigenvalue weighted by atomic mass is 10.0. The van der Waals surface area contributed by atoms with Gasteiger partial charge in [0.25, 0.3) is 0 Å². The molecular formula is C10H12N2O. The number of hydrogen-bond donors (Lipinski definition) is 0. The van der Waals surface area contributed by atoms with Crippen molar-refractivity contribution in [2.24, 2.45) is 4.99 Å². The first-order valence-electron chi connectivity index (χ1n) is 4.36. The summed E-state index contributed by atoms with van der Waals surface area (Å²) in [7, 11) is 1.62. The van der Waals surface area contributed by atoms with Crippen molar-refractivity contribution in [3.63, 3.8) is 0 Å². The molecule has 1 aromatic rings. The van der Waals surface area contributed by atoms with Crippen LogP contribution in [0.25, 0.3) is 0 Å². The van der Waals surface area contributed by atoms with Gasteiger partial charge in [0.15, 0.2) is 0 Å². The van der Waals surface area contributed by atoms with Crippen LogP contribution in [0, 0.1) is 0 Å². The molecule has 0 aromatic carbocycles. The molecule has 1 aromatic heterocycles. The zero-order valence-corrected chi connectivity index (χ0v) is 7.82. The molecule has 0 fully saturated rings. The van der Waals surface area contributed by atoms with E-state index >= 15 is 0 Å². The molecule has 1 aliphatic rings. The van der Waals surface area contributed by atoms with E-state index in [4.69, 9.17) is 4.74 Å². The quantitative estimate of drug-likeness (QED) is 0.649. The van der Waals surface area contributed by atoms with E-state index in [9.17, 15) is 0 Å². The molecule has 3 nitrogen and oxygen atoms in total. The lowest BCUT2D eigenvalue weighted by molar-refractivity contribution is 0.397. The van der Waals surface area contributed by atoms with E-state index < -0.39 is 0 Å². The Morgan fingerprint density at radius 1 is 1.46 bits per heavy atom. The fourth-order valence-electron chi connectivity index (χ4n) is 1.45. The lowest BCUT2D eigenvalue weighted by Gasteiger charge is -2.14. The van der Waals surface area contributed by atoms with Gasteiger partial charge in [0, 0.05) is 12.3 Å². The number of aromatic nitrogens is 1. The van der Waals surface area contributed by atoms with Gasteiger partial charge in [-0.2, -0.15) is 0 Å². The topological polar surface area (TPSA) is 34.5 Å². The molecule has 0 saturated carbocycles. The Balaban J connectivity index is 2.40. The number of methoxy groups -OCH3 is 1. The second kappa shape index (κ2) is 3.17. The summed E-state index contributed by atoms with van der Waals surface area (Å²) < 4.78 is 5.03. The summed E-state index contributed by atoms with van der Waals surface area (Å²) in [6.07, 6.45) is 2.80. The van der Waals surface area contributed by atoms with Gasteiger partial charge in [-0.15, -0.1) is 0 Å². The van der Waals surface area contributed by atoms with Gasteiger partial charge >= 0.3 is 0 Å². The molecule has 0 N–H and O–H groups in total. The van der Waals surface area contributed by atoms with E-state index in [1.807, 2.05) is 12.3 Å². The summed E-state index contributed by atoms with van der Waals surface area (Å²) in [5.74, 6) is 0.653. The van der Waals surface area contributed by atoms with Crippen molar-refractivity contribution in [1.82, 2.24) is 4.98 Å². The van der Waals surface area contributed by atoms with Crippen molar-refractivity contribution in [2.75, 3.05) is 7.11 Å². The number of pyridine rings is 1. The van der Waals surface area contributed by atoms with Crippen LogP contribution in [0.2, 0.25) is 0 Å². The van der Waals surface area contributed by atoms with Crippen LogP contribution < -0.4 is 4.74 Å². The Hall–Kier alpha value is -1.38. The van der Waals surface area contributed by atoms with Crippen LogP contribution in [0.1, 0.15) is 18.2 Å². The molecule has 0 amide bonds. The van der Waals surface area contributed by atoms with Gasteiger partial charge in [-0.1, -0.05) is 6.07 Å². The molecule has 68 valence electrons.